The van der Waals surface area contributed by atoms with E-state index in [9.17, 15) is 9.90 Å². The molecule has 48 heavy (non-hydrogen) atoms. The third kappa shape index (κ3) is 6.32. The van der Waals surface area contributed by atoms with Gasteiger partial charge in [0.15, 0.2) is 5.78 Å². The normalized spacial score (nSPS) is 12.4. The van der Waals surface area contributed by atoms with Crippen LogP contribution in [-0.2, 0) is 24.9 Å². The second kappa shape index (κ2) is 14.5. The number of hydrogen-bond donors (Lipinski definition) is 1. The van der Waals surface area contributed by atoms with E-state index in [1.807, 2.05) is 47.7 Å². The van der Waals surface area contributed by atoms with Gasteiger partial charge in [0.1, 0.15) is 5.76 Å². The Kier molecular flexibility index (Phi) is 10.8. The van der Waals surface area contributed by atoms with Crippen molar-refractivity contribution in [2.24, 2.45) is 10.8 Å². The van der Waals surface area contributed by atoms with Gasteiger partial charge in [-0.15, -0.1) is 0 Å². The zero-order chi connectivity index (χ0) is 33.3. The van der Waals surface area contributed by atoms with Crippen LogP contribution in [0.1, 0.15) is 67.2 Å². The third-order valence-corrected chi connectivity index (χ3v) is 12.8. The summed E-state index contributed by atoms with van der Waals surface area (Å²) < 4.78 is 5.24. The van der Waals surface area contributed by atoms with Crippen molar-refractivity contribution in [1.29, 1.82) is 0 Å². The molecular formula is C42H43IrN2O2Se-. The monoisotopic (exact) mass is 880 g/mol. The van der Waals surface area contributed by atoms with Gasteiger partial charge in [0.05, 0.1) is 0 Å². The predicted octanol–water partition coefficient (Wildman–Crippen LogP) is 11.1. The van der Waals surface area contributed by atoms with Crippen LogP contribution in [0.4, 0.5) is 0 Å². The Bertz CT molecular complexity index is 2260. The number of rotatable bonds is 8. The molecule has 0 unspecified atom stereocenters. The average Bonchev–Trinajstić information content (AvgIpc) is 3.45. The number of carbonyl (C=O) groups excluding carboxylic acids is 1. The van der Waals surface area contributed by atoms with Crippen LogP contribution in [-0.4, -0.2) is 34.9 Å². The van der Waals surface area contributed by atoms with E-state index in [2.05, 4.69) is 95.6 Å². The van der Waals surface area contributed by atoms with Crippen molar-refractivity contribution < 1.29 is 30.0 Å². The molecule has 0 aliphatic carbocycles. The van der Waals surface area contributed by atoms with E-state index in [0.717, 1.165) is 53.2 Å². The molecule has 4 nitrogen and oxygen atoms in total. The molecule has 6 heteroatoms. The number of fused-ring (bicyclic) bond motifs is 3. The summed E-state index contributed by atoms with van der Waals surface area (Å²) in [7, 11) is 0. The second-order valence-corrected chi connectivity index (χ2v) is 15.3. The second-order valence-electron chi connectivity index (χ2n) is 13.0. The van der Waals surface area contributed by atoms with Crippen molar-refractivity contribution in [3.05, 3.63) is 109 Å². The van der Waals surface area contributed by atoms with Crippen molar-refractivity contribution in [1.82, 2.24) is 9.55 Å². The molecule has 0 spiro atoms. The third-order valence-electron chi connectivity index (χ3n) is 10.5. The fourth-order valence-corrected chi connectivity index (χ4v) is 8.65. The molecule has 7 aromatic rings. The van der Waals surface area contributed by atoms with Crippen LogP contribution in [0.5, 0.6) is 0 Å². The van der Waals surface area contributed by atoms with Gasteiger partial charge in [-0.3, -0.25) is 4.79 Å². The SMILES string of the molecule is CCC(C)(CC)C(=O)/C=C(\O)C(C)(CC)CC.[Ir].[c-]1c2ccccc2cc2c1c1nccc3[se]c4cccc(c4c31)n2-c1ccccc1. The molecule has 3 heterocycles. The van der Waals surface area contributed by atoms with Crippen molar-refractivity contribution in [3.63, 3.8) is 0 Å². The van der Waals surface area contributed by atoms with Crippen LogP contribution in [0, 0.1) is 16.9 Å². The summed E-state index contributed by atoms with van der Waals surface area (Å²) in [6.07, 6.45) is 6.72. The molecule has 4 aromatic carbocycles. The minimum absolute atomic E-state index is 0. The number of aliphatic hydroxyl groups excluding tert-OH is 1. The molecule has 3 aromatic heterocycles. The molecule has 0 saturated heterocycles. The van der Waals surface area contributed by atoms with Crippen molar-refractivity contribution in [2.75, 3.05) is 0 Å². The summed E-state index contributed by atoms with van der Waals surface area (Å²) in [5.41, 5.74) is 3.98. The molecule has 1 N–H and O–H groups in total. The van der Waals surface area contributed by atoms with Crippen LogP contribution >= 0.6 is 0 Å². The summed E-state index contributed by atoms with van der Waals surface area (Å²) in [5, 5.41) is 16.2. The molecule has 0 bridgehead atoms. The van der Waals surface area contributed by atoms with Gasteiger partial charge in [-0.2, -0.15) is 0 Å². The minimum atomic E-state index is -0.337. The van der Waals surface area contributed by atoms with Crippen LogP contribution in [0.3, 0.4) is 0 Å². The maximum absolute atomic E-state index is 12.2. The Balaban J connectivity index is 0.000000218. The molecule has 0 aliphatic rings. The number of aromatic nitrogens is 2. The number of ketones is 1. The van der Waals surface area contributed by atoms with Gasteiger partial charge < -0.3 is 5.11 Å². The maximum atomic E-state index is 12.2. The molecule has 0 saturated carbocycles. The summed E-state index contributed by atoms with van der Waals surface area (Å²) in [6, 6.07) is 34.1. The zero-order valence-electron chi connectivity index (χ0n) is 28.6. The quantitative estimate of drug-likeness (QED) is 0.0716. The van der Waals surface area contributed by atoms with Crippen molar-refractivity contribution in [3.8, 4) is 5.69 Å². The van der Waals surface area contributed by atoms with Gasteiger partial charge in [0, 0.05) is 37.0 Å². The molecule has 0 amide bonds. The molecule has 0 aliphatic heterocycles. The first kappa shape index (κ1) is 35.8. The predicted molar refractivity (Wildman–Crippen MR) is 200 cm³/mol. The van der Waals surface area contributed by atoms with E-state index < -0.39 is 0 Å². The van der Waals surface area contributed by atoms with Crippen LogP contribution in [0.25, 0.3) is 57.7 Å². The van der Waals surface area contributed by atoms with Crippen LogP contribution < -0.4 is 0 Å². The number of para-hydroxylation sites is 1. The molecule has 249 valence electrons. The van der Waals surface area contributed by atoms with Gasteiger partial charge in [0.25, 0.3) is 0 Å². The van der Waals surface area contributed by atoms with E-state index in [0.29, 0.717) is 14.5 Å². The number of nitrogens with zero attached hydrogens (tertiary/aromatic N) is 2. The van der Waals surface area contributed by atoms with Crippen molar-refractivity contribution >= 4 is 72.3 Å². The molecule has 7 rings (SSSR count). The number of pyridine rings is 1. The summed E-state index contributed by atoms with van der Waals surface area (Å²) in [6.45, 7) is 12.1. The standard InChI is InChI=1S/C27H15N2Se.C15H28O2.Ir/c1-2-9-19(10-3-1)29-21-11-6-12-23-25(21)26-24(30-23)13-14-28-27(26)20-15-17-7-4-5-8-18(17)16-22(20)29;1-7-14(5,8-2)12(16)11-13(17)15(6,9-3)10-4;/h1-14,16H;11,16H,7-10H2,1-6H3;/q-1;;/b;12-11-;. The summed E-state index contributed by atoms with van der Waals surface area (Å²) in [4.78, 5) is 17.1. The van der Waals surface area contributed by atoms with E-state index in [1.165, 1.54) is 36.3 Å². The Morgan fingerprint density at radius 1 is 0.812 bits per heavy atom. The first-order chi connectivity index (χ1) is 22.7. The Labute approximate surface area is 303 Å². The number of aliphatic hydroxyl groups is 1. The van der Waals surface area contributed by atoms with Gasteiger partial charge in [-0.05, 0) is 25.7 Å². The number of allylic oxidation sites excluding steroid dienone is 2. The van der Waals surface area contributed by atoms with Gasteiger partial charge in [-0.25, -0.2) is 0 Å². The van der Waals surface area contributed by atoms with Crippen molar-refractivity contribution in [2.45, 2.75) is 67.2 Å². The molecular weight excluding hydrogens is 836 g/mol. The average molecular weight is 879 g/mol. The Morgan fingerprint density at radius 3 is 2.15 bits per heavy atom. The Hall–Kier alpha value is -3.53. The van der Waals surface area contributed by atoms with Gasteiger partial charge in [0.2, 0.25) is 0 Å². The number of benzene rings is 4. The first-order valence-corrected chi connectivity index (χ1v) is 18.5. The fraction of sp³-hybridized carbons (Fsp3) is 0.286. The summed E-state index contributed by atoms with van der Waals surface area (Å²) in [5.74, 6) is 0.286. The molecule has 0 fully saturated rings. The van der Waals surface area contributed by atoms with E-state index in [4.69, 9.17) is 4.98 Å². The molecule has 0 atom stereocenters. The van der Waals surface area contributed by atoms with Gasteiger partial charge in [-0.1, -0.05) is 41.5 Å². The number of carbonyl (C=O) groups is 1. The van der Waals surface area contributed by atoms with E-state index in [1.54, 1.807) is 0 Å². The topological polar surface area (TPSA) is 55.1 Å². The Morgan fingerprint density at radius 2 is 1.46 bits per heavy atom. The molecule has 1 radical (unpaired) electrons. The van der Waals surface area contributed by atoms with E-state index in [-0.39, 0.29) is 42.5 Å². The fourth-order valence-electron chi connectivity index (χ4n) is 6.30. The zero-order valence-corrected chi connectivity index (χ0v) is 32.7. The van der Waals surface area contributed by atoms with E-state index >= 15 is 0 Å². The number of hydrogen-bond acceptors (Lipinski definition) is 3. The van der Waals surface area contributed by atoms with Crippen LogP contribution in [0.15, 0.2) is 103 Å². The van der Waals surface area contributed by atoms with Gasteiger partial charge >= 0.3 is 179 Å². The summed E-state index contributed by atoms with van der Waals surface area (Å²) >= 11 is 0.301. The van der Waals surface area contributed by atoms with Crippen LogP contribution in [0.2, 0.25) is 0 Å². The first-order valence-electron chi connectivity index (χ1n) is 16.7.